The minimum absolute atomic E-state index is 0.0620. The highest BCUT2D eigenvalue weighted by atomic mass is 16.7. The Kier molecular flexibility index (Phi) is 17.4. The molecule has 75 heavy (non-hydrogen) atoms. The number of likely N-dealkylation sites (tertiary alicyclic amines) is 1. The molecule has 8 saturated heterocycles. The van der Waals surface area contributed by atoms with E-state index in [1.165, 1.54) is 68.6 Å². The number of ether oxygens (including phenoxy) is 11. The molecule has 18 nitrogen and oxygen atoms in total. The van der Waals surface area contributed by atoms with Gasteiger partial charge in [-0.1, -0.05) is 23.8 Å². The Morgan fingerprint density at radius 1 is 0.733 bits per heavy atom. The third kappa shape index (κ3) is 12.6. The van der Waals surface area contributed by atoms with Crippen molar-refractivity contribution in [1.29, 1.82) is 0 Å². The number of methoxy groups -OCH3 is 2. The van der Waals surface area contributed by atoms with E-state index in [1.807, 2.05) is 11.8 Å². The van der Waals surface area contributed by atoms with E-state index in [9.17, 15) is 19.7 Å². The molecule has 0 unspecified atom stereocenters. The zero-order valence-electron chi connectivity index (χ0n) is 45.6. The van der Waals surface area contributed by atoms with Crippen molar-refractivity contribution in [2.75, 3.05) is 80.0 Å². The van der Waals surface area contributed by atoms with E-state index in [2.05, 4.69) is 51.2 Å². The Morgan fingerprint density at radius 2 is 1.23 bits per heavy atom. The number of piperidine rings is 2. The predicted molar refractivity (Wildman–Crippen MR) is 277 cm³/mol. The molecule has 1 amide bonds. The van der Waals surface area contributed by atoms with Crippen molar-refractivity contribution in [3.05, 3.63) is 58.2 Å². The maximum absolute atomic E-state index is 13.1. The molecule has 418 valence electrons. The van der Waals surface area contributed by atoms with Gasteiger partial charge in [0.25, 0.3) is 5.69 Å². The molecule has 0 bridgehead atoms. The summed E-state index contributed by atoms with van der Waals surface area (Å²) in [6, 6.07) is 5.25. The van der Waals surface area contributed by atoms with Crippen molar-refractivity contribution >= 4 is 17.9 Å². The first-order valence-corrected chi connectivity index (χ1v) is 27.9. The smallest absolute Gasteiger partial charge is 0.443 e. The van der Waals surface area contributed by atoms with Crippen LogP contribution in [0.2, 0.25) is 0 Å². The third-order valence-corrected chi connectivity index (χ3v) is 18.9. The Bertz CT molecular complexity index is 2150. The van der Waals surface area contributed by atoms with Crippen molar-refractivity contribution in [2.24, 2.45) is 22.7 Å². The fourth-order valence-electron chi connectivity index (χ4n) is 13.9. The van der Waals surface area contributed by atoms with Crippen LogP contribution in [0, 0.1) is 32.8 Å². The van der Waals surface area contributed by atoms with Gasteiger partial charge in [-0.25, -0.2) is 9.59 Å². The fourth-order valence-corrected chi connectivity index (χ4v) is 13.9. The Morgan fingerprint density at radius 3 is 1.69 bits per heavy atom. The van der Waals surface area contributed by atoms with Crippen molar-refractivity contribution in [1.82, 2.24) is 10.2 Å². The second kappa shape index (κ2) is 23.3. The Labute approximate surface area is 443 Å². The average molecular weight is 1050 g/mol. The maximum Gasteiger partial charge on any atom is 0.514 e. The zero-order chi connectivity index (χ0) is 53.1. The predicted octanol–water partition coefficient (Wildman–Crippen LogP) is 9.06. The lowest BCUT2D eigenvalue weighted by Gasteiger charge is -2.45. The van der Waals surface area contributed by atoms with Gasteiger partial charge in [-0.15, -0.1) is 0 Å². The summed E-state index contributed by atoms with van der Waals surface area (Å²) in [5, 5.41) is 14.2. The van der Waals surface area contributed by atoms with Gasteiger partial charge in [-0.05, 0) is 161 Å². The molecule has 4 spiro atoms. The number of hydrogen-bond acceptors (Lipinski definition) is 16. The van der Waals surface area contributed by atoms with Crippen LogP contribution in [0.15, 0.2) is 48.1 Å². The summed E-state index contributed by atoms with van der Waals surface area (Å²) in [4.78, 5) is 37.7. The van der Waals surface area contributed by atoms with Crippen LogP contribution in [0.5, 0.6) is 5.75 Å². The molecule has 1 N–H and O–H groups in total. The minimum atomic E-state index is -0.875. The van der Waals surface area contributed by atoms with Crippen LogP contribution in [0.25, 0.3) is 0 Å². The second-order valence-electron chi connectivity index (χ2n) is 23.7. The number of nitrogens with zero attached hydrogens (tertiary/aromatic N) is 2. The number of rotatable bonds is 12. The molecule has 11 rings (SSSR count). The SMILES string of the molecule is C/C=C/C[C@H]1O[C@]1(C)[C@H]1[C@H](OC)[C@H](OC(=O)N2CCC3(CCOCC3)CC2)CC[C@]12CO2.C1CC2(CCN1)CCOCC2.CO[C@@H]1[C@H](OC(=O)Oc2ccc([N+](=O)[O-])cc2)CC[C@]2(CO2)[C@H]1[C@@]1(C)O[C@@H]1CC=C(C)C. The fraction of sp³-hybridized carbons (Fsp3) is 0.789. The number of hydrogen-bond donors (Lipinski definition) is 1. The number of nitrogens with one attached hydrogen (secondary N) is 1. The lowest BCUT2D eigenvalue weighted by Crippen LogP contribution is -2.56. The van der Waals surface area contributed by atoms with Crippen molar-refractivity contribution < 1.29 is 66.6 Å². The van der Waals surface area contributed by atoms with Crippen molar-refractivity contribution in [3.8, 4) is 5.75 Å². The Balaban J connectivity index is 0.000000153. The topological polar surface area (TPSA) is 207 Å². The van der Waals surface area contributed by atoms with Crippen molar-refractivity contribution in [3.63, 3.8) is 0 Å². The molecule has 2 aliphatic carbocycles. The van der Waals surface area contributed by atoms with E-state index in [0.29, 0.717) is 23.9 Å². The maximum atomic E-state index is 13.1. The molecule has 0 radical (unpaired) electrons. The molecule has 2 saturated carbocycles. The molecule has 8 heterocycles. The van der Waals surface area contributed by atoms with Crippen LogP contribution in [0.3, 0.4) is 0 Å². The van der Waals surface area contributed by atoms with E-state index in [0.717, 1.165) is 104 Å². The van der Waals surface area contributed by atoms with Gasteiger partial charge < -0.3 is 62.3 Å². The van der Waals surface area contributed by atoms with Crippen LogP contribution in [-0.4, -0.2) is 161 Å². The molecule has 18 heteroatoms. The van der Waals surface area contributed by atoms with Crippen LogP contribution in [0.1, 0.15) is 125 Å². The lowest BCUT2D eigenvalue weighted by atomic mass is 9.68. The van der Waals surface area contributed by atoms with E-state index in [4.69, 9.17) is 52.1 Å². The van der Waals surface area contributed by atoms with Gasteiger partial charge in [-0.2, -0.15) is 0 Å². The molecule has 10 fully saturated rings. The van der Waals surface area contributed by atoms with E-state index < -0.39 is 28.9 Å². The Hall–Kier alpha value is -3.72. The molecular weight excluding hydrogens is 967 g/mol. The first-order chi connectivity index (χ1) is 36.0. The number of amides is 1. The van der Waals surface area contributed by atoms with Gasteiger partial charge in [0.1, 0.15) is 52.6 Å². The van der Waals surface area contributed by atoms with Crippen LogP contribution >= 0.6 is 0 Å². The molecule has 12 atom stereocenters. The first kappa shape index (κ1) is 56.0. The number of nitro benzene ring substituents is 1. The number of non-ortho nitro benzene ring substituents is 1. The number of nitro groups is 1. The van der Waals surface area contributed by atoms with Crippen LogP contribution < -0.4 is 10.1 Å². The molecule has 1 aromatic rings. The highest BCUT2D eigenvalue weighted by Gasteiger charge is 2.73. The summed E-state index contributed by atoms with van der Waals surface area (Å²) in [6.45, 7) is 19.5. The van der Waals surface area contributed by atoms with Gasteiger partial charge in [0, 0.05) is 65.9 Å². The molecular formula is C57H85N3O15. The summed E-state index contributed by atoms with van der Waals surface area (Å²) >= 11 is 0. The van der Waals surface area contributed by atoms with Gasteiger partial charge >= 0.3 is 12.2 Å². The summed E-state index contributed by atoms with van der Waals surface area (Å²) in [7, 11) is 3.33. The largest absolute Gasteiger partial charge is 0.514 e. The summed E-state index contributed by atoms with van der Waals surface area (Å²) < 4.78 is 64.0. The zero-order valence-corrected chi connectivity index (χ0v) is 45.6. The first-order valence-electron chi connectivity index (χ1n) is 27.9. The highest BCUT2D eigenvalue weighted by Crippen LogP contribution is 2.61. The summed E-state index contributed by atoms with van der Waals surface area (Å²) in [5.41, 5.74) is 0.952. The standard InChI is InChI=1S/C25H39NO6.C23H29NO8.C9H17NO/c1-4-5-6-19-23(2,32-19)21-20(28-3)18(7-8-25(21)17-30-25)31-22(27)26-13-9-24(10-14-26)11-15-29-16-12-24;1-14(2)5-10-18-22(3,32-18)20-19(28-4)17(11-12-23(20)13-29-23)31-21(25)30-16-8-6-15(7-9-16)24(26)27;1-5-10-6-2-9(1)3-7-11-8-4-9/h4-5,18-21H,6-17H2,1-3H3;5-9,17-20H,10-13H2,1-4H3;10H,1-8H2/b5-4+;;/t18-,19-,20-,21-,23+,25+;17-,18-,19-,20-,22+,23+;/m11./s1. The highest BCUT2D eigenvalue weighted by molar-refractivity contribution is 5.68. The van der Waals surface area contributed by atoms with Gasteiger partial charge in [0.15, 0.2) is 0 Å². The lowest BCUT2D eigenvalue weighted by molar-refractivity contribution is -0.384. The van der Waals surface area contributed by atoms with Crippen molar-refractivity contribution in [2.45, 2.75) is 184 Å². The number of benzene rings is 1. The van der Waals surface area contributed by atoms with Crippen LogP contribution in [-0.2, 0) is 47.4 Å². The number of epoxide rings is 4. The summed E-state index contributed by atoms with van der Waals surface area (Å²) in [6.07, 6.45) is 18.5. The quantitative estimate of drug-likeness (QED) is 0.0517. The number of carbonyl (C=O) groups excluding carboxylic acids is 2. The molecule has 0 aromatic heterocycles. The minimum Gasteiger partial charge on any atom is -0.443 e. The van der Waals surface area contributed by atoms with Gasteiger partial charge in [-0.3, -0.25) is 10.1 Å². The number of carbonyl (C=O) groups is 2. The van der Waals surface area contributed by atoms with Crippen LogP contribution in [0.4, 0.5) is 15.3 Å². The normalized spacial score (nSPS) is 37.8. The van der Waals surface area contributed by atoms with E-state index in [1.54, 1.807) is 14.2 Å². The average Bonchev–Trinajstić information content (AvgIpc) is 4.31. The van der Waals surface area contributed by atoms with Gasteiger partial charge in [0.05, 0.1) is 42.2 Å². The van der Waals surface area contributed by atoms with Gasteiger partial charge in [0.2, 0.25) is 0 Å². The molecule has 8 aliphatic heterocycles. The molecule has 1 aromatic carbocycles. The molecule has 10 aliphatic rings. The second-order valence-corrected chi connectivity index (χ2v) is 23.7. The summed E-state index contributed by atoms with van der Waals surface area (Å²) in [5.74, 6) is 0.151. The third-order valence-electron chi connectivity index (χ3n) is 18.9. The van der Waals surface area contributed by atoms with E-state index in [-0.39, 0.29) is 70.6 Å². The van der Waals surface area contributed by atoms with E-state index >= 15 is 0 Å². The monoisotopic (exact) mass is 1050 g/mol. The number of allylic oxidation sites excluding steroid dienone is 2.